The summed E-state index contributed by atoms with van der Waals surface area (Å²) in [5.41, 5.74) is 6.93. The lowest BCUT2D eigenvalue weighted by Gasteiger charge is -2.27. The first kappa shape index (κ1) is 17.0. The number of hydrogen-bond donors (Lipinski definition) is 2. The summed E-state index contributed by atoms with van der Waals surface area (Å²) in [7, 11) is 0. The van der Waals surface area contributed by atoms with Crippen molar-refractivity contribution in [1.82, 2.24) is 15.0 Å². The Kier molecular flexibility index (Phi) is 4.85. The molecule has 0 bridgehead atoms. The Morgan fingerprint density at radius 3 is 2.96 bits per heavy atom. The number of aromatic amines is 1. The molecule has 134 valence electrons. The Balaban J connectivity index is 1.64. The van der Waals surface area contributed by atoms with Crippen LogP contribution in [-0.2, 0) is 4.74 Å². The largest absolute Gasteiger partial charge is 0.378 e. The van der Waals surface area contributed by atoms with Crippen LogP contribution >= 0.6 is 15.9 Å². The Bertz CT molecular complexity index is 948. The van der Waals surface area contributed by atoms with Crippen molar-refractivity contribution in [2.24, 2.45) is 5.10 Å². The fourth-order valence-electron chi connectivity index (χ4n) is 2.87. The van der Waals surface area contributed by atoms with Gasteiger partial charge in [0.05, 0.1) is 23.9 Å². The molecular weight excluding hydrogens is 396 g/mol. The zero-order chi connectivity index (χ0) is 17.9. The number of hydrazone groups is 1. The third-order valence-corrected chi connectivity index (χ3v) is 4.79. The summed E-state index contributed by atoms with van der Waals surface area (Å²) >= 11 is 3.54. The molecule has 2 aromatic heterocycles. The zero-order valence-corrected chi connectivity index (χ0v) is 16.0. The van der Waals surface area contributed by atoms with Crippen LogP contribution in [0.3, 0.4) is 0 Å². The maximum Gasteiger partial charge on any atom is 0.228 e. The summed E-state index contributed by atoms with van der Waals surface area (Å²) in [4.78, 5) is 14.7. The number of benzene rings is 1. The van der Waals surface area contributed by atoms with Crippen molar-refractivity contribution in [3.8, 4) is 0 Å². The average molecular weight is 415 g/mol. The van der Waals surface area contributed by atoms with Crippen molar-refractivity contribution < 1.29 is 4.74 Å². The molecular formula is C18H19BrN6O. The smallest absolute Gasteiger partial charge is 0.228 e. The first-order valence-corrected chi connectivity index (χ1v) is 9.23. The van der Waals surface area contributed by atoms with Crippen molar-refractivity contribution in [3.05, 3.63) is 46.1 Å². The van der Waals surface area contributed by atoms with Crippen LogP contribution in [-0.4, -0.2) is 47.5 Å². The number of aryl methyl sites for hydroxylation is 1. The summed E-state index contributed by atoms with van der Waals surface area (Å²) in [5.74, 6) is 1.32. The van der Waals surface area contributed by atoms with E-state index in [0.717, 1.165) is 34.2 Å². The van der Waals surface area contributed by atoms with E-state index < -0.39 is 0 Å². The van der Waals surface area contributed by atoms with Crippen molar-refractivity contribution in [2.45, 2.75) is 6.92 Å². The second kappa shape index (κ2) is 7.43. The zero-order valence-electron chi connectivity index (χ0n) is 14.4. The monoisotopic (exact) mass is 414 g/mol. The molecule has 1 aliphatic heterocycles. The van der Waals surface area contributed by atoms with E-state index in [4.69, 9.17) is 4.74 Å². The highest BCUT2D eigenvalue weighted by Crippen LogP contribution is 2.28. The SMILES string of the molecule is Cc1cccc(/C=N/Nc2nc(N3CCOCC3)nc3c(Br)c[nH]c23)c1. The highest BCUT2D eigenvalue weighted by atomic mass is 79.9. The Morgan fingerprint density at radius 2 is 2.15 bits per heavy atom. The number of nitrogens with zero attached hydrogens (tertiary/aromatic N) is 4. The number of aromatic nitrogens is 3. The quantitative estimate of drug-likeness (QED) is 0.505. The molecule has 1 aliphatic rings. The second-order valence-corrected chi connectivity index (χ2v) is 6.97. The molecule has 0 atom stereocenters. The number of morpholine rings is 1. The van der Waals surface area contributed by atoms with E-state index in [-0.39, 0.29) is 0 Å². The van der Waals surface area contributed by atoms with Crippen molar-refractivity contribution in [1.29, 1.82) is 0 Å². The summed E-state index contributed by atoms with van der Waals surface area (Å²) < 4.78 is 6.32. The van der Waals surface area contributed by atoms with Crippen molar-refractivity contribution >= 4 is 44.9 Å². The van der Waals surface area contributed by atoms with E-state index in [0.29, 0.717) is 25.0 Å². The molecule has 0 radical (unpaired) electrons. The first-order valence-electron chi connectivity index (χ1n) is 8.44. The predicted octanol–water partition coefficient (Wildman–Crippen LogP) is 3.31. The number of rotatable bonds is 4. The lowest BCUT2D eigenvalue weighted by Crippen LogP contribution is -2.37. The van der Waals surface area contributed by atoms with Gasteiger partial charge in [0, 0.05) is 19.3 Å². The van der Waals surface area contributed by atoms with Gasteiger partial charge in [-0.25, -0.2) is 4.98 Å². The van der Waals surface area contributed by atoms with Crippen LogP contribution in [0.1, 0.15) is 11.1 Å². The van der Waals surface area contributed by atoms with Crippen LogP contribution in [0.4, 0.5) is 11.8 Å². The molecule has 7 nitrogen and oxygen atoms in total. The summed E-state index contributed by atoms with van der Waals surface area (Å²) in [5, 5.41) is 4.35. The van der Waals surface area contributed by atoms with E-state index in [2.05, 4.69) is 65.4 Å². The first-order chi connectivity index (χ1) is 12.7. The van der Waals surface area contributed by atoms with Gasteiger partial charge in [-0.2, -0.15) is 10.1 Å². The molecule has 2 N–H and O–H groups in total. The maximum atomic E-state index is 5.42. The lowest BCUT2D eigenvalue weighted by atomic mass is 10.2. The van der Waals surface area contributed by atoms with Gasteiger partial charge in [-0.15, -0.1) is 0 Å². The molecule has 0 unspecified atom stereocenters. The van der Waals surface area contributed by atoms with Crippen LogP contribution < -0.4 is 10.3 Å². The summed E-state index contributed by atoms with van der Waals surface area (Å²) in [6.07, 6.45) is 3.64. The Hall–Kier alpha value is -2.45. The van der Waals surface area contributed by atoms with Gasteiger partial charge in [0.15, 0.2) is 5.82 Å². The van der Waals surface area contributed by atoms with Crippen molar-refractivity contribution in [2.75, 3.05) is 36.6 Å². The van der Waals surface area contributed by atoms with Gasteiger partial charge >= 0.3 is 0 Å². The highest BCUT2D eigenvalue weighted by molar-refractivity contribution is 9.10. The fraction of sp³-hybridized carbons (Fsp3) is 0.278. The molecule has 4 rings (SSSR count). The highest BCUT2D eigenvalue weighted by Gasteiger charge is 2.18. The number of H-pyrrole nitrogens is 1. The molecule has 1 saturated heterocycles. The van der Waals surface area contributed by atoms with Crippen LogP contribution in [0.15, 0.2) is 40.0 Å². The number of anilines is 2. The standard InChI is InChI=1S/C18H19BrN6O/c1-12-3-2-4-13(9-12)10-21-24-17-16-15(14(19)11-20-16)22-18(23-17)25-5-7-26-8-6-25/h2-4,9-11,20H,5-8H2,1H3,(H,22,23,24)/b21-10+. The minimum absolute atomic E-state index is 0.645. The molecule has 8 heteroatoms. The van der Waals surface area contributed by atoms with Crippen LogP contribution in [0, 0.1) is 6.92 Å². The molecule has 0 amide bonds. The van der Waals surface area contributed by atoms with Gasteiger partial charge < -0.3 is 14.6 Å². The molecule has 1 aromatic carbocycles. The minimum atomic E-state index is 0.645. The fourth-order valence-corrected chi connectivity index (χ4v) is 3.27. The number of fused-ring (bicyclic) bond motifs is 1. The molecule has 0 spiro atoms. The third kappa shape index (κ3) is 3.56. The van der Waals surface area contributed by atoms with E-state index in [1.165, 1.54) is 5.56 Å². The van der Waals surface area contributed by atoms with Gasteiger partial charge in [-0.05, 0) is 28.4 Å². The summed E-state index contributed by atoms with van der Waals surface area (Å²) in [6, 6.07) is 8.16. The normalized spacial score (nSPS) is 15.1. The maximum absolute atomic E-state index is 5.42. The van der Waals surface area contributed by atoms with Gasteiger partial charge in [0.1, 0.15) is 11.0 Å². The van der Waals surface area contributed by atoms with Gasteiger partial charge in [-0.3, -0.25) is 5.43 Å². The van der Waals surface area contributed by atoms with Crippen LogP contribution in [0.2, 0.25) is 0 Å². The van der Waals surface area contributed by atoms with Gasteiger partial charge in [0.2, 0.25) is 5.95 Å². The predicted molar refractivity (Wildman–Crippen MR) is 107 cm³/mol. The van der Waals surface area contributed by atoms with E-state index >= 15 is 0 Å². The van der Waals surface area contributed by atoms with Gasteiger partial charge in [-0.1, -0.05) is 29.8 Å². The van der Waals surface area contributed by atoms with Crippen molar-refractivity contribution in [3.63, 3.8) is 0 Å². The summed E-state index contributed by atoms with van der Waals surface area (Å²) in [6.45, 7) is 4.98. The van der Waals surface area contributed by atoms with E-state index in [1.807, 2.05) is 18.3 Å². The van der Waals surface area contributed by atoms with Crippen LogP contribution in [0.25, 0.3) is 11.0 Å². The number of hydrogen-bond acceptors (Lipinski definition) is 6. The molecule has 26 heavy (non-hydrogen) atoms. The molecule has 1 fully saturated rings. The topological polar surface area (TPSA) is 78.4 Å². The number of halogens is 1. The average Bonchev–Trinajstić information content (AvgIpc) is 3.04. The minimum Gasteiger partial charge on any atom is -0.378 e. The van der Waals surface area contributed by atoms with E-state index in [1.54, 1.807) is 6.21 Å². The van der Waals surface area contributed by atoms with Crippen LogP contribution in [0.5, 0.6) is 0 Å². The Morgan fingerprint density at radius 1 is 1.31 bits per heavy atom. The second-order valence-electron chi connectivity index (χ2n) is 6.12. The Labute approximate surface area is 159 Å². The molecule has 0 aliphatic carbocycles. The molecule has 0 saturated carbocycles. The van der Waals surface area contributed by atoms with Gasteiger partial charge in [0.25, 0.3) is 0 Å². The molecule has 3 heterocycles. The lowest BCUT2D eigenvalue weighted by molar-refractivity contribution is 0.122. The molecule has 3 aromatic rings. The third-order valence-electron chi connectivity index (χ3n) is 4.19. The number of nitrogens with one attached hydrogen (secondary N) is 2. The number of ether oxygens (including phenoxy) is 1. The van der Waals surface area contributed by atoms with E-state index in [9.17, 15) is 0 Å².